The SMILES string of the molecule is CC(C)(C)CC1NCC(Cc2ccccc2)C1C(=O)Nc1cccc(Cl)c1.O=CNC1CCCCC1. The van der Waals surface area contributed by atoms with E-state index in [-0.39, 0.29) is 29.2 Å². The van der Waals surface area contributed by atoms with Gasteiger partial charge in [-0.25, -0.2) is 0 Å². The van der Waals surface area contributed by atoms with Gasteiger partial charge in [0, 0.05) is 22.8 Å². The summed E-state index contributed by atoms with van der Waals surface area (Å²) in [5.41, 5.74) is 2.20. The molecule has 0 radical (unpaired) electrons. The summed E-state index contributed by atoms with van der Waals surface area (Å²) in [5, 5.41) is 10.2. The van der Waals surface area contributed by atoms with Crippen molar-refractivity contribution in [2.45, 2.75) is 77.8 Å². The van der Waals surface area contributed by atoms with Crippen molar-refractivity contribution in [3.8, 4) is 0 Å². The molecular weight excluding hydrogens is 470 g/mol. The highest BCUT2D eigenvalue weighted by Crippen LogP contribution is 2.34. The number of halogens is 1. The maximum Gasteiger partial charge on any atom is 0.229 e. The van der Waals surface area contributed by atoms with Crippen molar-refractivity contribution < 1.29 is 9.59 Å². The fourth-order valence-corrected chi connectivity index (χ4v) is 5.60. The number of amides is 2. The number of hydrogen-bond acceptors (Lipinski definition) is 3. The van der Waals surface area contributed by atoms with E-state index in [2.05, 4.69) is 61.0 Å². The highest BCUT2D eigenvalue weighted by molar-refractivity contribution is 6.30. The van der Waals surface area contributed by atoms with Crippen LogP contribution in [0.4, 0.5) is 5.69 Å². The molecule has 6 heteroatoms. The third-order valence-corrected chi connectivity index (χ3v) is 7.30. The van der Waals surface area contributed by atoms with E-state index in [1.807, 2.05) is 24.3 Å². The van der Waals surface area contributed by atoms with Crippen LogP contribution >= 0.6 is 11.6 Å². The predicted molar refractivity (Wildman–Crippen MR) is 149 cm³/mol. The molecule has 1 saturated heterocycles. The molecule has 5 nitrogen and oxygen atoms in total. The van der Waals surface area contributed by atoms with E-state index >= 15 is 0 Å². The summed E-state index contributed by atoms with van der Waals surface area (Å²) in [6.07, 6.45) is 8.95. The fourth-order valence-electron chi connectivity index (χ4n) is 5.41. The van der Waals surface area contributed by atoms with Gasteiger partial charge in [-0.3, -0.25) is 9.59 Å². The lowest BCUT2D eigenvalue weighted by Crippen LogP contribution is -2.39. The summed E-state index contributed by atoms with van der Waals surface area (Å²) in [4.78, 5) is 23.2. The Morgan fingerprint density at radius 2 is 1.78 bits per heavy atom. The minimum Gasteiger partial charge on any atom is -0.356 e. The molecule has 3 unspecified atom stereocenters. The van der Waals surface area contributed by atoms with Crippen LogP contribution in [0.5, 0.6) is 0 Å². The van der Waals surface area contributed by atoms with Crippen LogP contribution in [0.15, 0.2) is 54.6 Å². The van der Waals surface area contributed by atoms with Crippen molar-refractivity contribution in [1.82, 2.24) is 10.6 Å². The minimum absolute atomic E-state index is 0.0663. The summed E-state index contributed by atoms with van der Waals surface area (Å²) >= 11 is 6.08. The molecule has 0 spiro atoms. The van der Waals surface area contributed by atoms with Gasteiger partial charge >= 0.3 is 0 Å². The molecule has 3 N–H and O–H groups in total. The molecule has 3 atom stereocenters. The molecule has 2 amide bonds. The molecule has 2 aliphatic rings. The molecule has 1 aliphatic carbocycles. The van der Waals surface area contributed by atoms with Crippen LogP contribution in [0.2, 0.25) is 5.02 Å². The molecule has 1 aliphatic heterocycles. The molecule has 1 saturated carbocycles. The van der Waals surface area contributed by atoms with Gasteiger partial charge in [-0.15, -0.1) is 0 Å². The quantitative estimate of drug-likeness (QED) is 0.386. The van der Waals surface area contributed by atoms with Gasteiger partial charge in [-0.05, 0) is 67.3 Å². The molecule has 2 fully saturated rings. The molecular formula is C30H42ClN3O2. The van der Waals surface area contributed by atoms with Gasteiger partial charge in [0.1, 0.15) is 0 Å². The smallest absolute Gasteiger partial charge is 0.229 e. The van der Waals surface area contributed by atoms with Crippen LogP contribution in [0.3, 0.4) is 0 Å². The van der Waals surface area contributed by atoms with Gasteiger partial charge in [0.2, 0.25) is 12.3 Å². The minimum atomic E-state index is -0.0663. The van der Waals surface area contributed by atoms with Crippen molar-refractivity contribution in [2.24, 2.45) is 17.3 Å². The van der Waals surface area contributed by atoms with E-state index in [9.17, 15) is 9.59 Å². The van der Waals surface area contributed by atoms with Crippen LogP contribution in [0.25, 0.3) is 0 Å². The Balaban J connectivity index is 0.000000338. The molecule has 4 rings (SSSR count). The largest absolute Gasteiger partial charge is 0.356 e. The third kappa shape index (κ3) is 9.25. The molecule has 36 heavy (non-hydrogen) atoms. The Labute approximate surface area is 221 Å². The number of nitrogens with one attached hydrogen (secondary N) is 3. The Hall–Kier alpha value is -2.37. The van der Waals surface area contributed by atoms with Gasteiger partial charge in [-0.1, -0.05) is 88.0 Å². The van der Waals surface area contributed by atoms with Crippen LogP contribution in [0, 0.1) is 17.3 Å². The first-order valence-corrected chi connectivity index (χ1v) is 13.7. The zero-order valence-electron chi connectivity index (χ0n) is 21.9. The molecule has 1 heterocycles. The molecule has 196 valence electrons. The summed E-state index contributed by atoms with van der Waals surface area (Å²) in [5.74, 6) is 0.291. The van der Waals surface area contributed by atoms with Crippen LogP contribution in [-0.4, -0.2) is 30.9 Å². The Bertz CT molecular complexity index is 954. The van der Waals surface area contributed by atoms with Crippen LogP contribution in [0.1, 0.15) is 64.9 Å². The summed E-state index contributed by atoms with van der Waals surface area (Å²) < 4.78 is 0. The van der Waals surface area contributed by atoms with Crippen LogP contribution < -0.4 is 16.0 Å². The van der Waals surface area contributed by atoms with Crippen molar-refractivity contribution in [3.63, 3.8) is 0 Å². The lowest BCUT2D eigenvalue weighted by atomic mass is 9.79. The average Bonchev–Trinajstić information content (AvgIpc) is 3.21. The third-order valence-electron chi connectivity index (χ3n) is 7.06. The standard InChI is InChI=1S/C23H29ClN2O.C7H13NO/c1-23(2,3)14-20-21(22(27)26-19-11-7-10-18(24)13-19)17(15-25-20)12-16-8-5-4-6-9-16;9-6-8-7-4-2-1-3-5-7/h4-11,13,17,20-21,25H,12,14-15H2,1-3H3,(H,26,27);6-7H,1-5H2,(H,8,9). The van der Waals surface area contributed by atoms with Gasteiger partial charge in [-0.2, -0.15) is 0 Å². The maximum absolute atomic E-state index is 13.2. The first-order valence-electron chi connectivity index (χ1n) is 13.3. The second-order valence-electron chi connectivity index (χ2n) is 11.4. The molecule has 2 aromatic carbocycles. The number of carbonyl (C=O) groups excluding carboxylic acids is 2. The zero-order valence-corrected chi connectivity index (χ0v) is 22.7. The highest BCUT2D eigenvalue weighted by Gasteiger charge is 2.42. The Morgan fingerprint density at radius 3 is 2.42 bits per heavy atom. The summed E-state index contributed by atoms with van der Waals surface area (Å²) in [7, 11) is 0. The normalized spacial score (nSPS) is 22.3. The first-order chi connectivity index (χ1) is 17.2. The lowest BCUT2D eigenvalue weighted by Gasteiger charge is -2.29. The van der Waals surface area contributed by atoms with Gasteiger partial charge in [0.05, 0.1) is 5.92 Å². The number of carbonyl (C=O) groups is 2. The van der Waals surface area contributed by atoms with E-state index in [0.717, 1.165) is 31.5 Å². The lowest BCUT2D eigenvalue weighted by molar-refractivity contribution is -0.121. The molecule has 2 aromatic rings. The van der Waals surface area contributed by atoms with Crippen molar-refractivity contribution in [2.75, 3.05) is 11.9 Å². The number of rotatable bonds is 7. The van der Waals surface area contributed by atoms with Gasteiger partial charge in [0.25, 0.3) is 0 Å². The van der Waals surface area contributed by atoms with E-state index in [1.54, 1.807) is 6.07 Å². The van der Waals surface area contributed by atoms with Crippen molar-refractivity contribution in [1.29, 1.82) is 0 Å². The first kappa shape index (κ1) is 28.2. The molecule has 0 aromatic heterocycles. The second kappa shape index (κ2) is 13.8. The van der Waals surface area contributed by atoms with E-state index in [1.165, 1.54) is 37.7 Å². The maximum atomic E-state index is 13.2. The monoisotopic (exact) mass is 511 g/mol. The second-order valence-corrected chi connectivity index (χ2v) is 11.8. The molecule has 0 bridgehead atoms. The summed E-state index contributed by atoms with van der Waals surface area (Å²) in [6, 6.07) is 18.5. The summed E-state index contributed by atoms with van der Waals surface area (Å²) in [6.45, 7) is 7.55. The Morgan fingerprint density at radius 1 is 1.06 bits per heavy atom. The fraction of sp³-hybridized carbons (Fsp3) is 0.533. The van der Waals surface area contributed by atoms with E-state index < -0.39 is 0 Å². The Kier molecular flexibility index (Phi) is 10.8. The number of anilines is 1. The highest BCUT2D eigenvalue weighted by atomic mass is 35.5. The van der Waals surface area contributed by atoms with E-state index in [4.69, 9.17) is 11.6 Å². The van der Waals surface area contributed by atoms with Gasteiger partial charge < -0.3 is 16.0 Å². The number of hydrogen-bond donors (Lipinski definition) is 3. The average molecular weight is 512 g/mol. The van der Waals surface area contributed by atoms with Crippen LogP contribution in [-0.2, 0) is 16.0 Å². The zero-order chi connectivity index (χ0) is 26.0. The van der Waals surface area contributed by atoms with Gasteiger partial charge in [0.15, 0.2) is 0 Å². The topological polar surface area (TPSA) is 70.2 Å². The van der Waals surface area contributed by atoms with E-state index in [0.29, 0.717) is 11.1 Å². The predicted octanol–water partition coefficient (Wildman–Crippen LogP) is 6.23. The van der Waals surface area contributed by atoms with Crippen molar-refractivity contribution >= 4 is 29.6 Å². The number of benzene rings is 2. The van der Waals surface area contributed by atoms with Crippen molar-refractivity contribution in [3.05, 3.63) is 65.2 Å².